The molecule has 0 saturated carbocycles. The van der Waals surface area contributed by atoms with Crippen molar-refractivity contribution < 1.29 is 32.8 Å². The molecule has 0 aromatic rings. The summed E-state index contributed by atoms with van der Waals surface area (Å²) in [6.45, 7) is 4.82. The van der Waals surface area contributed by atoms with Crippen molar-refractivity contribution in [3.8, 4) is 0 Å². The van der Waals surface area contributed by atoms with E-state index in [0.29, 0.717) is 13.0 Å². The zero-order valence-electron chi connectivity index (χ0n) is 41.8. The molecule has 0 aliphatic carbocycles. The second kappa shape index (κ2) is 52.2. The van der Waals surface area contributed by atoms with Crippen molar-refractivity contribution in [3.05, 3.63) is 60.8 Å². The summed E-state index contributed by atoms with van der Waals surface area (Å²) in [5, 5.41) is 0. The number of ether oxygens (including phenoxy) is 2. The third-order valence-electron chi connectivity index (χ3n) is 11.4. The van der Waals surface area contributed by atoms with Gasteiger partial charge >= 0.3 is 13.8 Å². The van der Waals surface area contributed by atoms with Crippen LogP contribution in [0.5, 0.6) is 0 Å². The summed E-state index contributed by atoms with van der Waals surface area (Å²) in [6, 6.07) is 0. The van der Waals surface area contributed by atoms with Crippen LogP contribution in [0, 0.1) is 0 Å². The summed E-state index contributed by atoms with van der Waals surface area (Å²) in [4.78, 5) is 22.6. The van der Waals surface area contributed by atoms with Gasteiger partial charge in [0.1, 0.15) is 6.10 Å². The molecule has 0 saturated heterocycles. The summed E-state index contributed by atoms with van der Waals surface area (Å²) in [5.74, 6) is -0.342. The Labute approximate surface area is 395 Å². The first kappa shape index (κ1) is 62.2. The Kier molecular flexibility index (Phi) is 50.7. The van der Waals surface area contributed by atoms with Gasteiger partial charge < -0.3 is 20.1 Å². The third kappa shape index (κ3) is 51.2. The lowest BCUT2D eigenvalue weighted by Crippen LogP contribution is -2.28. The van der Waals surface area contributed by atoms with Crippen LogP contribution in [0.25, 0.3) is 0 Å². The number of hydrogen-bond acceptors (Lipinski definition) is 7. The highest BCUT2D eigenvalue weighted by Gasteiger charge is 2.25. The van der Waals surface area contributed by atoms with Crippen molar-refractivity contribution in [1.82, 2.24) is 0 Å². The van der Waals surface area contributed by atoms with E-state index >= 15 is 0 Å². The topological polar surface area (TPSA) is 117 Å². The van der Waals surface area contributed by atoms with E-state index in [4.69, 9.17) is 24.3 Å². The predicted molar refractivity (Wildman–Crippen MR) is 275 cm³/mol. The van der Waals surface area contributed by atoms with E-state index in [1.165, 1.54) is 154 Å². The predicted octanol–water partition coefficient (Wildman–Crippen LogP) is 16.9. The highest BCUT2D eigenvalue weighted by atomic mass is 31.2. The number of carbonyl (C=O) groups is 1. The number of unbranched alkanes of at least 4 members (excludes halogenated alkanes) is 28. The molecule has 0 spiro atoms. The lowest BCUT2D eigenvalue weighted by molar-refractivity contribution is -0.154. The molecule has 2 unspecified atom stereocenters. The van der Waals surface area contributed by atoms with Gasteiger partial charge in [-0.25, -0.2) is 4.57 Å². The smallest absolute Gasteiger partial charge is 0.457 e. The molecule has 0 bridgehead atoms. The lowest BCUT2D eigenvalue weighted by Gasteiger charge is -2.20. The van der Waals surface area contributed by atoms with Gasteiger partial charge in [0, 0.05) is 19.6 Å². The zero-order chi connectivity index (χ0) is 46.5. The first-order valence-corrected chi connectivity index (χ1v) is 28.3. The van der Waals surface area contributed by atoms with Crippen molar-refractivity contribution >= 4 is 13.8 Å². The molecular formula is C55H102NO7P. The average molecular weight is 920 g/mol. The molecule has 374 valence electrons. The van der Waals surface area contributed by atoms with Crippen LogP contribution in [-0.4, -0.2) is 49.9 Å². The molecule has 3 N–H and O–H groups in total. The monoisotopic (exact) mass is 920 g/mol. The number of nitrogens with two attached hydrogens (primary N) is 1. The van der Waals surface area contributed by atoms with Crippen LogP contribution in [0.4, 0.5) is 0 Å². The Balaban J connectivity index is 3.91. The van der Waals surface area contributed by atoms with Gasteiger partial charge in [0.15, 0.2) is 0 Å². The van der Waals surface area contributed by atoms with E-state index in [1.807, 2.05) is 0 Å². The molecule has 2 atom stereocenters. The maximum atomic E-state index is 12.7. The minimum atomic E-state index is -4.29. The highest BCUT2D eigenvalue weighted by Crippen LogP contribution is 2.43. The summed E-state index contributed by atoms with van der Waals surface area (Å²) < 4.78 is 33.6. The SMILES string of the molecule is CC/C=C\C/C=C\C/C=C\C/C=C\CCCCCCCCC(=O)OC(COCCCCCCCCCCCCCCCC/C=C\CCCCCCCCCC)COP(=O)(O)OCCN. The molecule has 0 heterocycles. The molecule has 0 amide bonds. The summed E-state index contributed by atoms with van der Waals surface area (Å²) >= 11 is 0. The van der Waals surface area contributed by atoms with E-state index in [-0.39, 0.29) is 32.3 Å². The van der Waals surface area contributed by atoms with Crippen LogP contribution in [0.3, 0.4) is 0 Å². The largest absolute Gasteiger partial charge is 0.472 e. The quantitative estimate of drug-likeness (QED) is 0.0268. The van der Waals surface area contributed by atoms with Gasteiger partial charge in [0.25, 0.3) is 0 Å². The first-order chi connectivity index (χ1) is 31.4. The van der Waals surface area contributed by atoms with Gasteiger partial charge in [-0.15, -0.1) is 0 Å². The van der Waals surface area contributed by atoms with Gasteiger partial charge in [0.2, 0.25) is 0 Å². The van der Waals surface area contributed by atoms with Crippen LogP contribution in [0.15, 0.2) is 60.8 Å². The van der Waals surface area contributed by atoms with Crippen LogP contribution < -0.4 is 5.73 Å². The van der Waals surface area contributed by atoms with Crippen LogP contribution in [0.1, 0.15) is 245 Å². The highest BCUT2D eigenvalue weighted by molar-refractivity contribution is 7.47. The minimum absolute atomic E-state index is 0.0961. The molecule has 8 nitrogen and oxygen atoms in total. The number of phosphoric acid groups is 1. The van der Waals surface area contributed by atoms with E-state index in [9.17, 15) is 14.3 Å². The Hall–Kier alpha value is -1.80. The number of phosphoric ester groups is 1. The Bertz CT molecular complexity index is 1170. The molecule has 0 aliphatic heterocycles. The third-order valence-corrected chi connectivity index (χ3v) is 12.4. The summed E-state index contributed by atoms with van der Waals surface area (Å²) in [6.07, 6.45) is 65.5. The molecule has 0 radical (unpaired) electrons. The van der Waals surface area contributed by atoms with E-state index in [0.717, 1.165) is 70.6 Å². The van der Waals surface area contributed by atoms with Gasteiger partial charge in [-0.05, 0) is 77.0 Å². The summed E-state index contributed by atoms with van der Waals surface area (Å²) in [5.41, 5.74) is 5.39. The fourth-order valence-electron chi connectivity index (χ4n) is 7.51. The molecule has 64 heavy (non-hydrogen) atoms. The number of carbonyl (C=O) groups excluding carboxylic acids is 1. The minimum Gasteiger partial charge on any atom is -0.457 e. The number of allylic oxidation sites excluding steroid dienone is 10. The Morgan fingerprint density at radius 2 is 0.875 bits per heavy atom. The molecular weight excluding hydrogens is 818 g/mol. The molecule has 9 heteroatoms. The van der Waals surface area contributed by atoms with E-state index in [2.05, 4.69) is 74.6 Å². The normalized spacial score (nSPS) is 13.8. The van der Waals surface area contributed by atoms with Crippen LogP contribution in [-0.2, 0) is 27.9 Å². The fraction of sp³-hybridized carbons (Fsp3) is 0.800. The van der Waals surface area contributed by atoms with Crippen LogP contribution in [0.2, 0.25) is 0 Å². The number of hydrogen-bond donors (Lipinski definition) is 2. The van der Waals surface area contributed by atoms with Crippen molar-refractivity contribution in [2.24, 2.45) is 5.73 Å². The Morgan fingerprint density at radius 1 is 0.484 bits per heavy atom. The molecule has 0 fully saturated rings. The molecule has 0 aromatic heterocycles. The van der Waals surface area contributed by atoms with Gasteiger partial charge in [0.05, 0.1) is 19.8 Å². The van der Waals surface area contributed by atoms with E-state index in [1.54, 1.807) is 0 Å². The van der Waals surface area contributed by atoms with Crippen molar-refractivity contribution in [2.45, 2.75) is 251 Å². The van der Waals surface area contributed by atoms with Gasteiger partial charge in [-0.2, -0.15) is 0 Å². The standard InChI is InChI=1S/C55H102NO7P/c1-3-5-7-9-11-13-15-17-19-21-23-24-25-26-27-28-29-31-33-35-37-39-41-43-45-47-50-60-52-54(53-62-64(58,59)61-51-49-56)63-55(57)48-46-44-42-40-38-36-34-32-30-22-20-18-16-14-12-10-8-6-4-2/h6,8,12,14,18,20-21,23,30,32,54H,3-5,7,9-11,13,15-17,19,22,24-29,31,33-53,56H2,1-2H3,(H,58,59)/b8-6-,14-12-,20-18-,23-21-,32-30-. The van der Waals surface area contributed by atoms with E-state index < -0.39 is 13.9 Å². The first-order valence-electron chi connectivity index (χ1n) is 26.8. The van der Waals surface area contributed by atoms with Gasteiger partial charge in [-0.1, -0.05) is 222 Å². The zero-order valence-corrected chi connectivity index (χ0v) is 42.7. The summed E-state index contributed by atoms with van der Waals surface area (Å²) in [7, 11) is -4.29. The molecule has 0 aliphatic rings. The van der Waals surface area contributed by atoms with Crippen molar-refractivity contribution in [1.29, 1.82) is 0 Å². The molecule has 0 aromatic carbocycles. The Morgan fingerprint density at radius 3 is 1.33 bits per heavy atom. The number of esters is 1. The lowest BCUT2D eigenvalue weighted by atomic mass is 10.0. The molecule has 0 rings (SSSR count). The second-order valence-corrected chi connectivity index (χ2v) is 19.2. The average Bonchev–Trinajstić information content (AvgIpc) is 3.29. The maximum Gasteiger partial charge on any atom is 0.472 e. The van der Waals surface area contributed by atoms with Crippen LogP contribution >= 0.6 is 7.82 Å². The van der Waals surface area contributed by atoms with Crippen molar-refractivity contribution in [2.75, 3.05) is 33.0 Å². The van der Waals surface area contributed by atoms with Crippen molar-refractivity contribution in [3.63, 3.8) is 0 Å². The maximum absolute atomic E-state index is 12.7. The second-order valence-electron chi connectivity index (χ2n) is 17.7. The number of rotatable bonds is 51. The fourth-order valence-corrected chi connectivity index (χ4v) is 8.28. The van der Waals surface area contributed by atoms with Gasteiger partial charge in [-0.3, -0.25) is 13.8 Å².